The van der Waals surface area contributed by atoms with Crippen LogP contribution in [0.5, 0.6) is 0 Å². The number of benzene rings is 1. The number of nitrogens with two attached hydrogens (primary N) is 1. The topological polar surface area (TPSA) is 72.1 Å². The monoisotopic (exact) mass is 476 g/mol. The lowest BCUT2D eigenvalue weighted by Gasteiger charge is -2.26. The molecule has 148 valence electrons. The highest BCUT2D eigenvalue weighted by molar-refractivity contribution is 14.0. The molecule has 2 rings (SSSR count). The van der Waals surface area contributed by atoms with E-state index in [0.29, 0.717) is 19.1 Å². The third kappa shape index (κ3) is 9.70. The molecular formula is C19H33IN4O2. The number of ether oxygens (including phenoxy) is 2. The van der Waals surface area contributed by atoms with Gasteiger partial charge in [0, 0.05) is 32.8 Å². The third-order valence-corrected chi connectivity index (χ3v) is 4.28. The molecule has 0 radical (unpaired) electrons. The van der Waals surface area contributed by atoms with Crippen LogP contribution in [0.4, 0.5) is 0 Å². The highest BCUT2D eigenvalue weighted by Gasteiger charge is 2.09. The molecule has 0 saturated carbocycles. The van der Waals surface area contributed by atoms with Gasteiger partial charge in [0.25, 0.3) is 0 Å². The van der Waals surface area contributed by atoms with Crippen molar-refractivity contribution in [3.63, 3.8) is 0 Å². The number of halogens is 1. The average molecular weight is 476 g/mol. The normalized spacial score (nSPS) is 16.7. The van der Waals surface area contributed by atoms with Crippen LogP contribution in [0.1, 0.15) is 31.4 Å². The highest BCUT2D eigenvalue weighted by Crippen LogP contribution is 2.15. The molecule has 1 heterocycles. The largest absolute Gasteiger partial charge is 0.379 e. The van der Waals surface area contributed by atoms with E-state index in [4.69, 9.17) is 15.2 Å². The van der Waals surface area contributed by atoms with Crippen molar-refractivity contribution in [2.24, 2.45) is 10.7 Å². The number of aliphatic imine (C=N–C) groups is 1. The molecule has 3 N–H and O–H groups in total. The van der Waals surface area contributed by atoms with E-state index in [-0.39, 0.29) is 30.1 Å². The van der Waals surface area contributed by atoms with Gasteiger partial charge in [0.15, 0.2) is 5.96 Å². The van der Waals surface area contributed by atoms with Crippen molar-refractivity contribution in [1.82, 2.24) is 10.2 Å². The van der Waals surface area contributed by atoms with Crippen LogP contribution in [-0.4, -0.2) is 63.4 Å². The molecule has 1 unspecified atom stereocenters. The summed E-state index contributed by atoms with van der Waals surface area (Å²) in [4.78, 5) is 6.77. The van der Waals surface area contributed by atoms with Crippen molar-refractivity contribution in [1.29, 1.82) is 0 Å². The Bertz CT molecular complexity index is 496. The first-order valence-corrected chi connectivity index (χ1v) is 9.26. The van der Waals surface area contributed by atoms with Crippen LogP contribution in [0, 0.1) is 0 Å². The van der Waals surface area contributed by atoms with Gasteiger partial charge in [0.1, 0.15) is 0 Å². The summed E-state index contributed by atoms with van der Waals surface area (Å²) in [5.41, 5.74) is 7.09. The minimum atomic E-state index is 0. The van der Waals surface area contributed by atoms with Gasteiger partial charge < -0.3 is 20.5 Å². The van der Waals surface area contributed by atoms with E-state index in [2.05, 4.69) is 34.3 Å². The molecule has 1 aliphatic rings. The van der Waals surface area contributed by atoms with Gasteiger partial charge in [-0.2, -0.15) is 0 Å². The average Bonchev–Trinajstić information content (AvgIpc) is 2.66. The molecule has 0 aromatic heterocycles. The number of hydrogen-bond donors (Lipinski definition) is 2. The van der Waals surface area contributed by atoms with Crippen molar-refractivity contribution in [3.05, 3.63) is 35.9 Å². The van der Waals surface area contributed by atoms with Crippen LogP contribution >= 0.6 is 24.0 Å². The Kier molecular flexibility index (Phi) is 12.6. The number of nitrogens with one attached hydrogen (secondary N) is 1. The van der Waals surface area contributed by atoms with Crippen molar-refractivity contribution in [2.75, 3.05) is 52.5 Å². The molecule has 7 heteroatoms. The number of nitrogens with zero attached hydrogens (tertiary/aromatic N) is 2. The number of rotatable bonds is 10. The number of morpholine rings is 1. The SMILES string of the molecule is CC(OCCCN=C(N)NCCCN1CCOCC1)c1ccccc1.I. The molecule has 26 heavy (non-hydrogen) atoms. The summed E-state index contributed by atoms with van der Waals surface area (Å²) in [5, 5.41) is 3.18. The first-order valence-electron chi connectivity index (χ1n) is 9.26. The fourth-order valence-corrected chi connectivity index (χ4v) is 2.74. The smallest absolute Gasteiger partial charge is 0.188 e. The first-order chi connectivity index (χ1) is 12.3. The van der Waals surface area contributed by atoms with Gasteiger partial charge in [-0.3, -0.25) is 9.89 Å². The minimum absolute atomic E-state index is 0. The molecule has 0 amide bonds. The van der Waals surface area contributed by atoms with E-state index in [1.54, 1.807) is 0 Å². The van der Waals surface area contributed by atoms with Crippen LogP contribution < -0.4 is 11.1 Å². The third-order valence-electron chi connectivity index (χ3n) is 4.28. The Hall–Kier alpha value is -0.900. The summed E-state index contributed by atoms with van der Waals surface area (Å²) in [5.74, 6) is 0.526. The highest BCUT2D eigenvalue weighted by atomic mass is 127. The molecule has 1 aromatic carbocycles. The lowest BCUT2D eigenvalue weighted by atomic mass is 10.1. The maximum atomic E-state index is 5.89. The summed E-state index contributed by atoms with van der Waals surface area (Å²) < 4.78 is 11.2. The zero-order valence-corrected chi connectivity index (χ0v) is 18.1. The molecule has 1 atom stereocenters. The van der Waals surface area contributed by atoms with E-state index in [1.807, 2.05) is 18.2 Å². The van der Waals surface area contributed by atoms with Crippen molar-refractivity contribution in [2.45, 2.75) is 25.9 Å². The van der Waals surface area contributed by atoms with Crippen LogP contribution in [0.2, 0.25) is 0 Å². The fourth-order valence-electron chi connectivity index (χ4n) is 2.74. The van der Waals surface area contributed by atoms with E-state index in [1.165, 1.54) is 5.56 Å². The maximum absolute atomic E-state index is 5.89. The predicted molar refractivity (Wildman–Crippen MR) is 117 cm³/mol. The summed E-state index contributed by atoms with van der Waals surface area (Å²) in [6.07, 6.45) is 2.04. The van der Waals surface area contributed by atoms with E-state index >= 15 is 0 Å². The standard InChI is InChI=1S/C19H32N4O2.HI/c1-17(18-7-3-2-4-8-18)25-14-6-10-22-19(20)21-9-5-11-23-12-15-24-16-13-23;/h2-4,7-8,17H,5-6,9-16H2,1H3,(H3,20,21,22);1H. The number of hydrogen-bond acceptors (Lipinski definition) is 4. The Labute approximate surface area is 174 Å². The van der Waals surface area contributed by atoms with Crippen molar-refractivity contribution < 1.29 is 9.47 Å². The van der Waals surface area contributed by atoms with Crippen LogP contribution in [0.3, 0.4) is 0 Å². The van der Waals surface area contributed by atoms with E-state index in [9.17, 15) is 0 Å². The lowest BCUT2D eigenvalue weighted by molar-refractivity contribution is 0.0376. The summed E-state index contributed by atoms with van der Waals surface area (Å²) in [6.45, 7) is 9.14. The van der Waals surface area contributed by atoms with Gasteiger partial charge >= 0.3 is 0 Å². The second-order valence-corrected chi connectivity index (χ2v) is 6.28. The molecule has 0 aliphatic carbocycles. The minimum Gasteiger partial charge on any atom is -0.379 e. The Balaban J connectivity index is 0.00000338. The van der Waals surface area contributed by atoms with E-state index in [0.717, 1.165) is 52.2 Å². The summed E-state index contributed by atoms with van der Waals surface area (Å²) in [6, 6.07) is 10.3. The summed E-state index contributed by atoms with van der Waals surface area (Å²) >= 11 is 0. The van der Waals surface area contributed by atoms with Gasteiger partial charge in [0.2, 0.25) is 0 Å². The zero-order chi connectivity index (χ0) is 17.7. The van der Waals surface area contributed by atoms with E-state index < -0.39 is 0 Å². The molecule has 0 bridgehead atoms. The molecular weight excluding hydrogens is 443 g/mol. The fraction of sp³-hybridized carbons (Fsp3) is 0.632. The molecule has 1 saturated heterocycles. The predicted octanol–water partition coefficient (Wildman–Crippen LogP) is 2.40. The molecule has 1 aliphatic heterocycles. The Morgan fingerprint density at radius 1 is 1.27 bits per heavy atom. The Morgan fingerprint density at radius 2 is 2.00 bits per heavy atom. The first kappa shape index (κ1) is 23.1. The zero-order valence-electron chi connectivity index (χ0n) is 15.7. The summed E-state index contributed by atoms with van der Waals surface area (Å²) in [7, 11) is 0. The van der Waals surface area contributed by atoms with Crippen molar-refractivity contribution in [3.8, 4) is 0 Å². The van der Waals surface area contributed by atoms with Crippen LogP contribution in [0.15, 0.2) is 35.3 Å². The van der Waals surface area contributed by atoms with Gasteiger partial charge in [-0.1, -0.05) is 30.3 Å². The van der Waals surface area contributed by atoms with Gasteiger partial charge in [-0.05, 0) is 31.9 Å². The Morgan fingerprint density at radius 3 is 2.73 bits per heavy atom. The molecule has 1 aromatic rings. The molecule has 6 nitrogen and oxygen atoms in total. The second kappa shape index (κ2) is 14.2. The van der Waals surface area contributed by atoms with Gasteiger partial charge in [-0.25, -0.2) is 0 Å². The van der Waals surface area contributed by atoms with Crippen LogP contribution in [-0.2, 0) is 9.47 Å². The van der Waals surface area contributed by atoms with Crippen molar-refractivity contribution >= 4 is 29.9 Å². The molecule has 1 fully saturated rings. The molecule has 0 spiro atoms. The van der Waals surface area contributed by atoms with Gasteiger partial charge in [-0.15, -0.1) is 24.0 Å². The van der Waals surface area contributed by atoms with Gasteiger partial charge in [0.05, 0.1) is 19.3 Å². The number of guanidine groups is 1. The quantitative estimate of drug-likeness (QED) is 0.235. The van der Waals surface area contributed by atoms with Crippen LogP contribution in [0.25, 0.3) is 0 Å². The maximum Gasteiger partial charge on any atom is 0.188 e. The lowest BCUT2D eigenvalue weighted by Crippen LogP contribution is -2.39. The second-order valence-electron chi connectivity index (χ2n) is 6.28.